The van der Waals surface area contributed by atoms with E-state index in [4.69, 9.17) is 9.84 Å². The summed E-state index contributed by atoms with van der Waals surface area (Å²) >= 11 is 0. The molecule has 0 fully saturated rings. The molecule has 1 atom stereocenters. The predicted octanol–water partition coefficient (Wildman–Crippen LogP) is 2.79. The van der Waals surface area contributed by atoms with Crippen molar-refractivity contribution < 1.29 is 32.5 Å². The normalized spacial score (nSPS) is 15.7. The van der Waals surface area contributed by atoms with Crippen LogP contribution in [0, 0.1) is 5.82 Å². The van der Waals surface area contributed by atoms with Crippen molar-refractivity contribution in [2.24, 2.45) is 0 Å². The first-order valence-electron chi connectivity index (χ1n) is 6.21. The number of hydrogen-bond donors (Lipinski definition) is 2. The first-order valence-corrected chi connectivity index (χ1v) is 6.21. The topological polar surface area (TPSA) is 49.7 Å². The Balaban J connectivity index is 3.25. The minimum Gasteiger partial charge on any atom is -0.496 e. The van der Waals surface area contributed by atoms with E-state index in [1.807, 2.05) is 0 Å². The lowest BCUT2D eigenvalue weighted by Gasteiger charge is -2.37. The molecule has 0 amide bonds. The number of rotatable bonds is 5. The van der Waals surface area contributed by atoms with Crippen molar-refractivity contribution in [3.05, 3.63) is 29.6 Å². The van der Waals surface area contributed by atoms with Crippen LogP contribution in [0.4, 0.5) is 17.6 Å². The molecule has 0 bridgehead atoms. The number of methoxy groups -OCH3 is 1. The fourth-order valence-corrected chi connectivity index (χ4v) is 2.28. The monoisotopic (exact) mass is 310 g/mol. The van der Waals surface area contributed by atoms with Crippen LogP contribution in [0.1, 0.15) is 25.8 Å². The van der Waals surface area contributed by atoms with Gasteiger partial charge in [-0.1, -0.05) is 13.8 Å². The zero-order valence-corrected chi connectivity index (χ0v) is 12.0. The summed E-state index contributed by atoms with van der Waals surface area (Å²) in [7, 11) is 1.31. The fraction of sp³-hybridized carbons (Fsp3) is 0.571. The molecule has 1 aromatic rings. The van der Waals surface area contributed by atoms with Crippen molar-refractivity contribution in [3.63, 3.8) is 0 Å². The van der Waals surface area contributed by atoms with Crippen LogP contribution in [0.2, 0.25) is 0 Å². The van der Waals surface area contributed by atoms with Gasteiger partial charge in [-0.25, -0.2) is 4.39 Å². The number of hydrogen-bond acceptors (Lipinski definition) is 3. The molecule has 0 aliphatic carbocycles. The molecular formula is C14H18F4O3. The Morgan fingerprint density at radius 3 is 2.19 bits per heavy atom. The van der Waals surface area contributed by atoms with Gasteiger partial charge in [0.1, 0.15) is 11.6 Å². The van der Waals surface area contributed by atoms with Gasteiger partial charge in [0.25, 0.3) is 0 Å². The van der Waals surface area contributed by atoms with E-state index in [0.29, 0.717) is 0 Å². The van der Waals surface area contributed by atoms with E-state index in [9.17, 15) is 22.7 Å². The number of benzene rings is 1. The van der Waals surface area contributed by atoms with Crippen LogP contribution in [0.15, 0.2) is 18.2 Å². The summed E-state index contributed by atoms with van der Waals surface area (Å²) < 4.78 is 57.1. The Kier molecular flexibility index (Phi) is 4.90. The standard InChI is InChI=1S/C14H18F4O3/c1-12(2,7-13(20,8-19)14(16,17)18)10-6-9(15)4-5-11(10)21-3/h4-6,19-20H,7-8H2,1-3H3/t13-/m0/s1. The molecule has 0 saturated heterocycles. The van der Waals surface area contributed by atoms with Gasteiger partial charge >= 0.3 is 6.18 Å². The summed E-state index contributed by atoms with van der Waals surface area (Å²) in [6.45, 7) is 1.35. The average molecular weight is 310 g/mol. The lowest BCUT2D eigenvalue weighted by molar-refractivity contribution is -0.277. The van der Waals surface area contributed by atoms with Gasteiger partial charge in [0, 0.05) is 5.56 Å². The van der Waals surface area contributed by atoms with E-state index in [1.165, 1.54) is 27.0 Å². The minimum atomic E-state index is -5.00. The summed E-state index contributed by atoms with van der Waals surface area (Å²) in [6, 6.07) is 3.49. The van der Waals surface area contributed by atoms with Crippen LogP contribution in [0.5, 0.6) is 5.75 Å². The van der Waals surface area contributed by atoms with Crippen molar-refractivity contribution in [3.8, 4) is 5.75 Å². The average Bonchev–Trinajstić information content (AvgIpc) is 2.36. The predicted molar refractivity (Wildman–Crippen MR) is 68.7 cm³/mol. The van der Waals surface area contributed by atoms with E-state index in [-0.39, 0.29) is 11.3 Å². The molecule has 3 nitrogen and oxygen atoms in total. The molecule has 0 aliphatic heterocycles. The zero-order chi connectivity index (χ0) is 16.5. The van der Waals surface area contributed by atoms with Gasteiger partial charge in [-0.05, 0) is 30.0 Å². The number of halogens is 4. The van der Waals surface area contributed by atoms with Crippen molar-refractivity contribution in [1.29, 1.82) is 0 Å². The molecule has 0 aliphatic rings. The van der Waals surface area contributed by atoms with E-state index in [0.717, 1.165) is 12.1 Å². The summed E-state index contributed by atoms with van der Waals surface area (Å²) in [6.07, 6.45) is -5.83. The summed E-state index contributed by atoms with van der Waals surface area (Å²) in [5, 5.41) is 18.6. The maximum atomic E-state index is 13.4. The van der Waals surface area contributed by atoms with E-state index in [2.05, 4.69) is 0 Å². The van der Waals surface area contributed by atoms with Crippen molar-refractivity contribution in [2.45, 2.75) is 37.5 Å². The molecule has 0 spiro atoms. The van der Waals surface area contributed by atoms with Crippen molar-refractivity contribution in [2.75, 3.05) is 13.7 Å². The van der Waals surface area contributed by atoms with Crippen LogP contribution >= 0.6 is 0 Å². The molecular weight excluding hydrogens is 292 g/mol. The number of aliphatic hydroxyl groups excluding tert-OH is 1. The smallest absolute Gasteiger partial charge is 0.419 e. The van der Waals surface area contributed by atoms with Crippen molar-refractivity contribution in [1.82, 2.24) is 0 Å². The second-order valence-electron chi connectivity index (χ2n) is 5.59. The van der Waals surface area contributed by atoms with Crippen LogP contribution in [0.3, 0.4) is 0 Å². The number of ether oxygens (including phenoxy) is 1. The highest BCUT2D eigenvalue weighted by molar-refractivity contribution is 5.39. The van der Waals surface area contributed by atoms with Gasteiger partial charge < -0.3 is 14.9 Å². The molecule has 0 unspecified atom stereocenters. The largest absolute Gasteiger partial charge is 0.496 e. The van der Waals surface area contributed by atoms with Crippen LogP contribution in [-0.4, -0.2) is 35.7 Å². The zero-order valence-electron chi connectivity index (χ0n) is 12.0. The van der Waals surface area contributed by atoms with Gasteiger partial charge in [0.2, 0.25) is 0 Å². The van der Waals surface area contributed by atoms with Crippen LogP contribution in [0.25, 0.3) is 0 Å². The highest BCUT2D eigenvalue weighted by Crippen LogP contribution is 2.43. The first kappa shape index (κ1) is 17.7. The molecule has 1 aromatic carbocycles. The fourth-order valence-electron chi connectivity index (χ4n) is 2.28. The maximum absolute atomic E-state index is 13.4. The third-order valence-electron chi connectivity index (χ3n) is 3.41. The van der Waals surface area contributed by atoms with E-state index in [1.54, 1.807) is 0 Å². The molecule has 2 N–H and O–H groups in total. The van der Waals surface area contributed by atoms with Crippen molar-refractivity contribution >= 4 is 0 Å². The third kappa shape index (κ3) is 3.65. The Hall–Kier alpha value is -1.34. The second-order valence-corrected chi connectivity index (χ2v) is 5.59. The van der Waals surface area contributed by atoms with Gasteiger partial charge in [0.15, 0.2) is 5.60 Å². The summed E-state index contributed by atoms with van der Waals surface area (Å²) in [4.78, 5) is 0. The van der Waals surface area contributed by atoms with Gasteiger partial charge in [-0.3, -0.25) is 0 Å². The van der Waals surface area contributed by atoms with Gasteiger partial charge in [-0.15, -0.1) is 0 Å². The first-order chi connectivity index (χ1) is 9.47. The van der Waals surface area contributed by atoms with E-state index >= 15 is 0 Å². The quantitative estimate of drug-likeness (QED) is 0.822. The lowest BCUT2D eigenvalue weighted by atomic mass is 9.74. The number of aliphatic hydroxyl groups is 2. The molecule has 0 saturated carbocycles. The van der Waals surface area contributed by atoms with Crippen LogP contribution < -0.4 is 4.74 Å². The molecule has 21 heavy (non-hydrogen) atoms. The molecule has 0 aromatic heterocycles. The summed E-state index contributed by atoms with van der Waals surface area (Å²) in [5.74, 6) is -0.415. The third-order valence-corrected chi connectivity index (χ3v) is 3.41. The summed E-state index contributed by atoms with van der Waals surface area (Å²) in [5.41, 5.74) is -4.37. The Morgan fingerprint density at radius 2 is 1.76 bits per heavy atom. The van der Waals surface area contributed by atoms with Gasteiger partial charge in [-0.2, -0.15) is 13.2 Å². The Bertz CT molecular complexity index is 499. The van der Waals surface area contributed by atoms with E-state index < -0.39 is 36.0 Å². The molecule has 0 heterocycles. The highest BCUT2D eigenvalue weighted by atomic mass is 19.4. The maximum Gasteiger partial charge on any atom is 0.419 e. The van der Waals surface area contributed by atoms with Crippen LogP contribution in [-0.2, 0) is 5.41 Å². The Labute approximate surface area is 120 Å². The minimum absolute atomic E-state index is 0.182. The highest BCUT2D eigenvalue weighted by Gasteiger charge is 2.55. The molecule has 0 radical (unpaired) electrons. The number of alkyl halides is 3. The molecule has 120 valence electrons. The molecule has 7 heteroatoms. The SMILES string of the molecule is COc1ccc(F)cc1C(C)(C)C[C@](O)(CO)C(F)(F)F. The lowest BCUT2D eigenvalue weighted by Crippen LogP contribution is -2.52. The Morgan fingerprint density at radius 1 is 1.19 bits per heavy atom. The molecule has 1 rings (SSSR count). The van der Waals surface area contributed by atoms with Gasteiger partial charge in [0.05, 0.1) is 13.7 Å². The second kappa shape index (κ2) is 5.81.